The van der Waals surface area contributed by atoms with Crippen LogP contribution in [0, 0.1) is 0 Å². The maximum atomic E-state index is 12.0. The van der Waals surface area contributed by atoms with E-state index in [0.29, 0.717) is 19.7 Å². The summed E-state index contributed by atoms with van der Waals surface area (Å²) >= 11 is 0. The summed E-state index contributed by atoms with van der Waals surface area (Å²) in [4.78, 5) is 16.0. The second-order valence-electron chi connectivity index (χ2n) is 5.31. The van der Waals surface area contributed by atoms with Gasteiger partial charge in [-0.3, -0.25) is 4.90 Å². The van der Waals surface area contributed by atoms with Crippen molar-refractivity contribution in [3.63, 3.8) is 0 Å². The second kappa shape index (κ2) is 8.00. The molecule has 0 bridgehead atoms. The van der Waals surface area contributed by atoms with Crippen LogP contribution < -0.4 is 0 Å². The van der Waals surface area contributed by atoms with Crippen molar-refractivity contribution in [3.8, 4) is 0 Å². The van der Waals surface area contributed by atoms with Crippen molar-refractivity contribution in [1.82, 2.24) is 9.80 Å². The van der Waals surface area contributed by atoms with E-state index in [9.17, 15) is 9.90 Å². The van der Waals surface area contributed by atoms with Crippen LogP contribution in [0.4, 0.5) is 4.79 Å². The van der Waals surface area contributed by atoms with Crippen LogP contribution in [-0.4, -0.2) is 59.8 Å². The van der Waals surface area contributed by atoms with Gasteiger partial charge in [0.2, 0.25) is 0 Å². The molecule has 0 saturated carbocycles. The molecule has 1 N–H and O–H groups in total. The van der Waals surface area contributed by atoms with E-state index >= 15 is 0 Å². The van der Waals surface area contributed by atoms with E-state index in [1.807, 2.05) is 30.3 Å². The van der Waals surface area contributed by atoms with Crippen LogP contribution in [0.1, 0.15) is 18.9 Å². The first kappa shape index (κ1) is 15.8. The molecule has 1 unspecified atom stereocenters. The average molecular weight is 292 g/mol. The monoisotopic (exact) mass is 292 g/mol. The molecule has 0 aliphatic carbocycles. The Balaban J connectivity index is 1.75. The summed E-state index contributed by atoms with van der Waals surface area (Å²) < 4.78 is 5.34. The molecule has 0 radical (unpaired) electrons. The number of hydrogen-bond donors (Lipinski definition) is 1. The Morgan fingerprint density at radius 1 is 1.24 bits per heavy atom. The molecule has 0 aromatic heterocycles. The fourth-order valence-electron chi connectivity index (χ4n) is 2.58. The zero-order valence-corrected chi connectivity index (χ0v) is 12.6. The zero-order valence-electron chi connectivity index (χ0n) is 12.6. The molecule has 1 atom stereocenters. The minimum Gasteiger partial charge on any atom is -0.445 e. The third-order valence-electron chi connectivity index (χ3n) is 3.98. The summed E-state index contributed by atoms with van der Waals surface area (Å²) in [5.41, 5.74) is 0.996. The Bertz CT molecular complexity index is 426. The molecular weight excluding hydrogens is 268 g/mol. The standard InChI is InChI=1S/C16H24N2O3/c1-2-15(12-19)17-8-10-18(11-9-17)16(20)21-13-14-6-4-3-5-7-14/h3-7,15,19H,2,8-13H2,1H3. The van der Waals surface area contributed by atoms with Crippen LogP contribution in [0.3, 0.4) is 0 Å². The summed E-state index contributed by atoms with van der Waals surface area (Å²) in [5, 5.41) is 9.32. The number of carbonyl (C=O) groups is 1. The first-order valence-corrected chi connectivity index (χ1v) is 7.55. The van der Waals surface area contributed by atoms with Gasteiger partial charge in [-0.2, -0.15) is 0 Å². The molecule has 1 saturated heterocycles. The molecule has 5 nitrogen and oxygen atoms in total. The summed E-state index contributed by atoms with van der Waals surface area (Å²) in [6.45, 7) is 5.46. The normalized spacial score (nSPS) is 17.5. The number of nitrogens with zero attached hydrogens (tertiary/aromatic N) is 2. The minimum absolute atomic E-state index is 0.176. The lowest BCUT2D eigenvalue weighted by molar-refractivity contribution is 0.0459. The number of aliphatic hydroxyl groups is 1. The Morgan fingerprint density at radius 3 is 2.48 bits per heavy atom. The van der Waals surface area contributed by atoms with Crippen LogP contribution in [0.15, 0.2) is 30.3 Å². The number of piperazine rings is 1. The molecule has 0 spiro atoms. The van der Waals surface area contributed by atoms with Gasteiger partial charge in [0.15, 0.2) is 0 Å². The van der Waals surface area contributed by atoms with Gasteiger partial charge in [0, 0.05) is 32.2 Å². The highest BCUT2D eigenvalue weighted by molar-refractivity contribution is 5.67. The van der Waals surface area contributed by atoms with E-state index in [2.05, 4.69) is 11.8 Å². The van der Waals surface area contributed by atoms with Crippen LogP contribution in [0.25, 0.3) is 0 Å². The maximum absolute atomic E-state index is 12.0. The smallest absolute Gasteiger partial charge is 0.410 e. The lowest BCUT2D eigenvalue weighted by Crippen LogP contribution is -2.52. The van der Waals surface area contributed by atoms with E-state index in [-0.39, 0.29) is 18.7 Å². The predicted molar refractivity (Wildman–Crippen MR) is 80.9 cm³/mol. The molecular formula is C16H24N2O3. The van der Waals surface area contributed by atoms with Crippen molar-refractivity contribution >= 4 is 6.09 Å². The van der Waals surface area contributed by atoms with Crippen molar-refractivity contribution in [1.29, 1.82) is 0 Å². The van der Waals surface area contributed by atoms with E-state index < -0.39 is 0 Å². The van der Waals surface area contributed by atoms with E-state index in [1.54, 1.807) is 4.90 Å². The van der Waals surface area contributed by atoms with Gasteiger partial charge in [-0.25, -0.2) is 4.79 Å². The van der Waals surface area contributed by atoms with Gasteiger partial charge >= 0.3 is 6.09 Å². The quantitative estimate of drug-likeness (QED) is 0.897. The van der Waals surface area contributed by atoms with Gasteiger partial charge in [-0.15, -0.1) is 0 Å². The first-order valence-electron chi connectivity index (χ1n) is 7.55. The van der Waals surface area contributed by atoms with Gasteiger partial charge in [0.05, 0.1) is 6.61 Å². The first-order chi connectivity index (χ1) is 10.2. The van der Waals surface area contributed by atoms with Crippen molar-refractivity contribution in [2.75, 3.05) is 32.8 Å². The SMILES string of the molecule is CCC(CO)N1CCN(C(=O)OCc2ccccc2)CC1. The topological polar surface area (TPSA) is 53.0 Å². The minimum atomic E-state index is -0.254. The van der Waals surface area contributed by atoms with Gasteiger partial charge < -0.3 is 14.7 Å². The van der Waals surface area contributed by atoms with Crippen molar-refractivity contribution in [2.24, 2.45) is 0 Å². The third kappa shape index (κ3) is 4.44. The van der Waals surface area contributed by atoms with Gasteiger partial charge in [-0.05, 0) is 12.0 Å². The van der Waals surface area contributed by atoms with Crippen molar-refractivity contribution in [2.45, 2.75) is 26.0 Å². The molecule has 1 aromatic rings. The lowest BCUT2D eigenvalue weighted by atomic mass is 10.2. The summed E-state index contributed by atoms with van der Waals surface area (Å²) in [6, 6.07) is 9.89. The number of rotatable bonds is 5. The molecule has 1 aliphatic rings. The Morgan fingerprint density at radius 2 is 1.90 bits per heavy atom. The van der Waals surface area contributed by atoms with E-state index in [4.69, 9.17) is 4.74 Å². The highest BCUT2D eigenvalue weighted by Crippen LogP contribution is 2.11. The van der Waals surface area contributed by atoms with Crippen LogP contribution >= 0.6 is 0 Å². The lowest BCUT2D eigenvalue weighted by Gasteiger charge is -2.37. The molecule has 1 amide bonds. The van der Waals surface area contributed by atoms with Crippen LogP contribution in [0.2, 0.25) is 0 Å². The van der Waals surface area contributed by atoms with Crippen molar-refractivity contribution < 1.29 is 14.6 Å². The maximum Gasteiger partial charge on any atom is 0.410 e. The molecule has 1 aromatic carbocycles. The van der Waals surface area contributed by atoms with Gasteiger partial charge in [0.25, 0.3) is 0 Å². The van der Waals surface area contributed by atoms with Crippen LogP contribution in [-0.2, 0) is 11.3 Å². The second-order valence-corrected chi connectivity index (χ2v) is 5.31. The predicted octanol–water partition coefficient (Wildman–Crippen LogP) is 1.71. The molecule has 1 fully saturated rings. The number of amides is 1. The Labute approximate surface area is 126 Å². The largest absolute Gasteiger partial charge is 0.445 e. The fraction of sp³-hybridized carbons (Fsp3) is 0.562. The molecule has 1 heterocycles. The molecule has 21 heavy (non-hydrogen) atoms. The molecule has 2 rings (SSSR count). The van der Waals surface area contributed by atoms with Gasteiger partial charge in [-0.1, -0.05) is 37.3 Å². The third-order valence-corrected chi connectivity index (χ3v) is 3.98. The van der Waals surface area contributed by atoms with Crippen LogP contribution in [0.5, 0.6) is 0 Å². The highest BCUT2D eigenvalue weighted by atomic mass is 16.6. The number of ether oxygens (including phenoxy) is 1. The summed E-state index contributed by atoms with van der Waals surface area (Å²) in [7, 11) is 0. The molecule has 5 heteroatoms. The van der Waals surface area contributed by atoms with E-state index in [0.717, 1.165) is 25.1 Å². The van der Waals surface area contributed by atoms with Crippen molar-refractivity contribution in [3.05, 3.63) is 35.9 Å². The summed E-state index contributed by atoms with van der Waals surface area (Å²) in [5.74, 6) is 0. The summed E-state index contributed by atoms with van der Waals surface area (Å²) in [6.07, 6.45) is 0.671. The average Bonchev–Trinajstić information content (AvgIpc) is 2.55. The zero-order chi connectivity index (χ0) is 15.1. The van der Waals surface area contributed by atoms with Gasteiger partial charge in [0.1, 0.15) is 6.61 Å². The number of benzene rings is 1. The van der Waals surface area contributed by atoms with E-state index in [1.165, 1.54) is 0 Å². The molecule has 1 aliphatic heterocycles. The molecule has 116 valence electrons. The highest BCUT2D eigenvalue weighted by Gasteiger charge is 2.25. The fourth-order valence-corrected chi connectivity index (χ4v) is 2.58. The number of hydrogen-bond acceptors (Lipinski definition) is 4. The Kier molecular flexibility index (Phi) is 6.02. The number of aliphatic hydroxyl groups excluding tert-OH is 1. The Hall–Kier alpha value is -1.59. The number of carbonyl (C=O) groups excluding carboxylic acids is 1.